The molecule has 0 aliphatic carbocycles. The highest BCUT2D eigenvalue weighted by molar-refractivity contribution is 6.35. The van der Waals surface area contributed by atoms with E-state index in [0.717, 1.165) is 31.2 Å². The molecule has 2 nitrogen and oxygen atoms in total. The van der Waals surface area contributed by atoms with E-state index in [1.165, 1.54) is 6.42 Å². The Morgan fingerprint density at radius 3 is 2.62 bits per heavy atom. The van der Waals surface area contributed by atoms with Gasteiger partial charge < -0.3 is 10.2 Å². The molecule has 1 aliphatic rings. The Balaban J connectivity index is 2.08. The summed E-state index contributed by atoms with van der Waals surface area (Å²) in [6, 6.07) is 5.73. The van der Waals surface area contributed by atoms with Crippen LogP contribution in [-0.4, -0.2) is 26.7 Å². The first kappa shape index (κ1) is 12.0. The van der Waals surface area contributed by atoms with E-state index in [1.54, 1.807) is 6.07 Å². The molecule has 0 saturated carbocycles. The topological polar surface area (TPSA) is 15.3 Å². The largest absolute Gasteiger partial charge is 0.371 e. The first-order valence-electron chi connectivity index (χ1n) is 5.54. The van der Waals surface area contributed by atoms with E-state index in [0.29, 0.717) is 10.0 Å². The smallest absolute Gasteiger partial charge is 0.0441 e. The molecule has 1 aliphatic heterocycles. The van der Waals surface area contributed by atoms with Crippen LogP contribution in [0.15, 0.2) is 18.2 Å². The number of hydrogen-bond donors (Lipinski definition) is 1. The van der Waals surface area contributed by atoms with Gasteiger partial charge in [0.2, 0.25) is 0 Å². The van der Waals surface area contributed by atoms with Gasteiger partial charge in [-0.3, -0.25) is 0 Å². The third kappa shape index (κ3) is 2.82. The summed E-state index contributed by atoms with van der Waals surface area (Å²) < 4.78 is 0. The number of hydrogen-bond acceptors (Lipinski definition) is 2. The van der Waals surface area contributed by atoms with E-state index in [-0.39, 0.29) is 0 Å². The number of anilines is 1. The molecule has 2 rings (SSSR count). The summed E-state index contributed by atoms with van der Waals surface area (Å²) in [6.07, 6.45) is 1.23. The van der Waals surface area contributed by atoms with E-state index in [4.69, 9.17) is 23.2 Å². The molecule has 0 spiro atoms. The first-order valence-corrected chi connectivity index (χ1v) is 6.30. The van der Waals surface area contributed by atoms with E-state index in [9.17, 15) is 0 Å². The Kier molecular flexibility index (Phi) is 3.95. The van der Waals surface area contributed by atoms with Crippen molar-refractivity contribution in [2.24, 2.45) is 5.92 Å². The molecule has 1 unspecified atom stereocenters. The molecular formula is C12H16Cl2N2. The molecule has 4 heteroatoms. The van der Waals surface area contributed by atoms with Gasteiger partial charge in [0.05, 0.1) is 0 Å². The Hall–Kier alpha value is -0.440. The normalized spacial score (nSPS) is 20.4. The van der Waals surface area contributed by atoms with Crippen LogP contribution in [0, 0.1) is 5.92 Å². The molecule has 1 fully saturated rings. The summed E-state index contributed by atoms with van der Waals surface area (Å²) in [6.45, 7) is 3.24. The van der Waals surface area contributed by atoms with Gasteiger partial charge in [-0.25, -0.2) is 0 Å². The Morgan fingerprint density at radius 1 is 1.31 bits per heavy atom. The van der Waals surface area contributed by atoms with Gasteiger partial charge in [0.25, 0.3) is 0 Å². The lowest BCUT2D eigenvalue weighted by molar-refractivity contribution is 0.549. The van der Waals surface area contributed by atoms with Crippen molar-refractivity contribution in [3.63, 3.8) is 0 Å². The summed E-state index contributed by atoms with van der Waals surface area (Å²) >= 11 is 12.0. The SMILES string of the molecule is CNCC1CCN(c2cc(Cl)cc(Cl)c2)C1. The number of nitrogens with zero attached hydrogens (tertiary/aromatic N) is 1. The fourth-order valence-electron chi connectivity index (χ4n) is 2.24. The van der Waals surface area contributed by atoms with Gasteiger partial charge in [0.1, 0.15) is 0 Å². The standard InChI is InChI=1S/C12H16Cl2N2/c1-15-7-9-2-3-16(8-9)12-5-10(13)4-11(14)6-12/h4-6,9,15H,2-3,7-8H2,1H3. The average molecular weight is 259 g/mol. The van der Waals surface area contributed by atoms with E-state index in [1.807, 2.05) is 19.2 Å². The van der Waals surface area contributed by atoms with Crippen molar-refractivity contribution in [2.75, 3.05) is 31.6 Å². The second-order valence-electron chi connectivity index (χ2n) is 4.29. The number of nitrogens with one attached hydrogen (secondary N) is 1. The number of rotatable bonds is 3. The van der Waals surface area contributed by atoms with E-state index >= 15 is 0 Å². The number of halogens is 2. The van der Waals surface area contributed by atoms with Gasteiger partial charge in [0.15, 0.2) is 0 Å². The van der Waals surface area contributed by atoms with Crippen LogP contribution in [0.1, 0.15) is 6.42 Å². The predicted molar refractivity (Wildman–Crippen MR) is 70.7 cm³/mol. The van der Waals surface area contributed by atoms with Crippen molar-refractivity contribution in [3.05, 3.63) is 28.2 Å². The van der Waals surface area contributed by atoms with Crippen molar-refractivity contribution < 1.29 is 0 Å². The Labute approximate surface area is 107 Å². The highest BCUT2D eigenvalue weighted by Gasteiger charge is 2.22. The first-order chi connectivity index (χ1) is 7.69. The van der Waals surface area contributed by atoms with Gasteiger partial charge in [0, 0.05) is 28.8 Å². The zero-order valence-corrected chi connectivity index (χ0v) is 10.9. The van der Waals surface area contributed by atoms with Crippen molar-refractivity contribution in [1.82, 2.24) is 5.32 Å². The number of benzene rings is 1. The molecular weight excluding hydrogens is 243 g/mol. The Morgan fingerprint density at radius 2 is 2.00 bits per heavy atom. The van der Waals surface area contributed by atoms with Gasteiger partial charge in [-0.2, -0.15) is 0 Å². The van der Waals surface area contributed by atoms with Crippen molar-refractivity contribution in [3.8, 4) is 0 Å². The molecule has 16 heavy (non-hydrogen) atoms. The van der Waals surface area contributed by atoms with Crippen molar-refractivity contribution in [1.29, 1.82) is 0 Å². The van der Waals surface area contributed by atoms with Crippen LogP contribution in [0.2, 0.25) is 10.0 Å². The molecule has 1 aromatic rings. The lowest BCUT2D eigenvalue weighted by atomic mass is 10.1. The maximum absolute atomic E-state index is 6.00. The average Bonchev–Trinajstić information content (AvgIpc) is 2.65. The second-order valence-corrected chi connectivity index (χ2v) is 5.16. The molecule has 1 aromatic carbocycles. The van der Waals surface area contributed by atoms with Gasteiger partial charge in [-0.1, -0.05) is 23.2 Å². The molecule has 1 heterocycles. The van der Waals surface area contributed by atoms with Gasteiger partial charge in [-0.05, 0) is 44.1 Å². The van der Waals surface area contributed by atoms with E-state index < -0.39 is 0 Å². The molecule has 1 atom stereocenters. The monoisotopic (exact) mass is 258 g/mol. The van der Waals surface area contributed by atoms with Gasteiger partial charge in [-0.15, -0.1) is 0 Å². The molecule has 0 amide bonds. The zero-order valence-electron chi connectivity index (χ0n) is 9.34. The molecule has 0 aromatic heterocycles. The van der Waals surface area contributed by atoms with Crippen LogP contribution in [0.4, 0.5) is 5.69 Å². The van der Waals surface area contributed by atoms with Crippen LogP contribution < -0.4 is 10.2 Å². The summed E-state index contributed by atoms with van der Waals surface area (Å²) in [5.74, 6) is 0.725. The van der Waals surface area contributed by atoms with Crippen LogP contribution in [0.5, 0.6) is 0 Å². The van der Waals surface area contributed by atoms with Gasteiger partial charge >= 0.3 is 0 Å². The molecule has 1 saturated heterocycles. The van der Waals surface area contributed by atoms with Crippen LogP contribution in [0.3, 0.4) is 0 Å². The lowest BCUT2D eigenvalue weighted by Gasteiger charge is -2.19. The second kappa shape index (κ2) is 5.26. The van der Waals surface area contributed by atoms with E-state index in [2.05, 4.69) is 10.2 Å². The third-order valence-corrected chi connectivity index (χ3v) is 3.43. The summed E-state index contributed by atoms with van der Waals surface area (Å²) in [7, 11) is 2.00. The molecule has 0 radical (unpaired) electrons. The maximum Gasteiger partial charge on any atom is 0.0441 e. The van der Waals surface area contributed by atoms with Crippen molar-refractivity contribution in [2.45, 2.75) is 6.42 Å². The Bertz CT molecular complexity index is 348. The minimum Gasteiger partial charge on any atom is -0.371 e. The third-order valence-electron chi connectivity index (χ3n) is 2.99. The summed E-state index contributed by atoms with van der Waals surface area (Å²) in [5.41, 5.74) is 1.14. The lowest BCUT2D eigenvalue weighted by Crippen LogP contribution is -2.24. The molecule has 1 N–H and O–H groups in total. The predicted octanol–water partition coefficient (Wildman–Crippen LogP) is 3.04. The fourth-order valence-corrected chi connectivity index (χ4v) is 2.76. The quantitative estimate of drug-likeness (QED) is 0.897. The molecule has 0 bridgehead atoms. The fraction of sp³-hybridized carbons (Fsp3) is 0.500. The van der Waals surface area contributed by atoms with Crippen LogP contribution in [-0.2, 0) is 0 Å². The highest BCUT2D eigenvalue weighted by atomic mass is 35.5. The van der Waals surface area contributed by atoms with Crippen LogP contribution in [0.25, 0.3) is 0 Å². The van der Waals surface area contributed by atoms with Crippen molar-refractivity contribution >= 4 is 28.9 Å². The molecule has 88 valence electrons. The summed E-state index contributed by atoms with van der Waals surface area (Å²) in [5, 5.41) is 4.64. The maximum atomic E-state index is 6.00. The minimum absolute atomic E-state index is 0.708. The summed E-state index contributed by atoms with van der Waals surface area (Å²) in [4.78, 5) is 2.35. The minimum atomic E-state index is 0.708. The van der Waals surface area contributed by atoms with Crippen LogP contribution >= 0.6 is 23.2 Å². The zero-order chi connectivity index (χ0) is 11.5. The highest BCUT2D eigenvalue weighted by Crippen LogP contribution is 2.29.